The van der Waals surface area contributed by atoms with Crippen molar-refractivity contribution in [2.75, 3.05) is 118 Å². The number of nitro groups is 1. The lowest BCUT2D eigenvalue weighted by Gasteiger charge is -2.39. The summed E-state index contributed by atoms with van der Waals surface area (Å²) in [5.74, 6) is -2.19. The molecule has 18 heteroatoms. The summed E-state index contributed by atoms with van der Waals surface area (Å²) in [6, 6.07) is 5.48. The van der Waals surface area contributed by atoms with E-state index in [0.29, 0.717) is 51.3 Å². The molecule has 0 N–H and O–H groups in total. The smallest absolute Gasteiger partial charge is 0.320 e. The van der Waals surface area contributed by atoms with E-state index < -0.39 is 28.9 Å². The molecule has 0 saturated carbocycles. The molecule has 310 valence electrons. The first kappa shape index (κ1) is 46.9. The summed E-state index contributed by atoms with van der Waals surface area (Å²) in [5, 5.41) is 11.4. The monoisotopic (exact) mass is 780 g/mol. The lowest BCUT2D eigenvalue weighted by Crippen LogP contribution is -2.55. The van der Waals surface area contributed by atoms with E-state index in [9.17, 15) is 34.1 Å². The van der Waals surface area contributed by atoms with Crippen molar-refractivity contribution in [2.45, 2.75) is 53.6 Å². The molecule has 0 spiro atoms. The van der Waals surface area contributed by atoms with Gasteiger partial charge in [0.2, 0.25) is 0 Å². The molecular weight excluding hydrogens is 720 g/mol. The van der Waals surface area contributed by atoms with Crippen molar-refractivity contribution in [1.82, 2.24) is 24.5 Å². The molecule has 0 unspecified atom stereocenters. The molecular formula is C37H60N6O12. The molecule has 0 atom stereocenters. The van der Waals surface area contributed by atoms with Crippen molar-refractivity contribution in [2.24, 2.45) is 0 Å². The van der Waals surface area contributed by atoms with Crippen molar-refractivity contribution in [3.05, 3.63) is 39.9 Å². The molecule has 0 aliphatic carbocycles. The fourth-order valence-electron chi connectivity index (χ4n) is 6.18. The molecule has 1 aromatic rings. The number of benzene rings is 1. The van der Waals surface area contributed by atoms with Crippen LogP contribution in [0.2, 0.25) is 0 Å². The van der Waals surface area contributed by atoms with Gasteiger partial charge >= 0.3 is 29.8 Å². The Morgan fingerprint density at radius 1 is 0.600 bits per heavy atom. The summed E-state index contributed by atoms with van der Waals surface area (Å²) in [7, 11) is 0. The number of carbonyl (C=O) groups is 5. The maximum Gasteiger partial charge on any atom is 0.320 e. The molecule has 1 aliphatic rings. The average molecular weight is 781 g/mol. The van der Waals surface area contributed by atoms with Crippen LogP contribution in [-0.2, 0) is 54.2 Å². The Balaban J connectivity index is 2.67. The predicted molar refractivity (Wildman–Crippen MR) is 201 cm³/mol. The topological polar surface area (TPSA) is 191 Å². The number of ether oxygens (including phenoxy) is 5. The molecule has 0 aromatic heterocycles. The number of esters is 5. The van der Waals surface area contributed by atoms with E-state index in [-0.39, 0.29) is 103 Å². The third-order valence-electron chi connectivity index (χ3n) is 8.67. The summed E-state index contributed by atoms with van der Waals surface area (Å²) in [5.41, 5.74) is 0.601. The first-order chi connectivity index (χ1) is 26.4. The number of carbonyl (C=O) groups excluding carboxylic acids is 5. The van der Waals surface area contributed by atoms with Gasteiger partial charge in [0.25, 0.3) is 5.69 Å². The highest BCUT2D eigenvalue weighted by Gasteiger charge is 2.30. The summed E-state index contributed by atoms with van der Waals surface area (Å²) >= 11 is 0. The van der Waals surface area contributed by atoms with Gasteiger partial charge in [-0.25, -0.2) is 0 Å². The van der Waals surface area contributed by atoms with Crippen LogP contribution in [0.25, 0.3) is 0 Å². The summed E-state index contributed by atoms with van der Waals surface area (Å²) in [6.45, 7) is 12.2. The maximum absolute atomic E-state index is 13.1. The molecule has 1 aromatic carbocycles. The van der Waals surface area contributed by atoms with E-state index in [2.05, 4.69) is 0 Å². The Labute approximate surface area is 324 Å². The highest BCUT2D eigenvalue weighted by Crippen LogP contribution is 2.17. The zero-order valence-electron chi connectivity index (χ0n) is 33.1. The minimum absolute atomic E-state index is 0.0187. The largest absolute Gasteiger partial charge is 0.465 e. The van der Waals surface area contributed by atoms with Crippen LogP contribution in [0.3, 0.4) is 0 Å². The second kappa shape index (κ2) is 26.6. The van der Waals surface area contributed by atoms with Gasteiger partial charge in [0.05, 0.1) is 70.7 Å². The van der Waals surface area contributed by atoms with E-state index in [4.69, 9.17) is 23.7 Å². The van der Waals surface area contributed by atoms with Crippen LogP contribution < -0.4 is 0 Å². The van der Waals surface area contributed by atoms with Gasteiger partial charge in [-0.3, -0.25) is 58.6 Å². The van der Waals surface area contributed by atoms with E-state index in [1.165, 1.54) is 12.1 Å². The number of hydrogen-bond acceptors (Lipinski definition) is 17. The van der Waals surface area contributed by atoms with Gasteiger partial charge in [-0.1, -0.05) is 12.1 Å². The van der Waals surface area contributed by atoms with Gasteiger partial charge in [-0.2, -0.15) is 0 Å². The molecule has 1 saturated heterocycles. The Hall–Kier alpha value is -4.23. The third-order valence-corrected chi connectivity index (χ3v) is 8.67. The Morgan fingerprint density at radius 2 is 0.964 bits per heavy atom. The van der Waals surface area contributed by atoms with Gasteiger partial charge in [0, 0.05) is 77.1 Å². The van der Waals surface area contributed by atoms with Crippen LogP contribution in [0, 0.1) is 10.1 Å². The average Bonchev–Trinajstić information content (AvgIpc) is 3.12. The zero-order chi connectivity index (χ0) is 40.6. The summed E-state index contributed by atoms with van der Waals surface area (Å²) in [6.07, 6.45) is 0.597. The lowest BCUT2D eigenvalue weighted by atomic mass is 10.1. The number of nitro benzene ring substituents is 1. The summed E-state index contributed by atoms with van der Waals surface area (Å²) < 4.78 is 26.5. The van der Waals surface area contributed by atoms with Gasteiger partial charge in [-0.05, 0) is 46.6 Å². The fraction of sp³-hybridized carbons (Fsp3) is 0.703. The standard InChI is InChI=1S/C37H60N6O12/c1-6-51-33(44)25-38-16-11-17-39(26-34(45)52-7-2)19-21-41(28-36(47)54-9-4)24-32(23-40(20-18-38)27-35(46)53-8-3)42(29-37(48)55-10-5)22-30-12-14-31(15-13-30)43(49)50/h12-15,32H,6-11,16-29H2,1-5H3. The zero-order valence-corrected chi connectivity index (χ0v) is 33.1. The van der Waals surface area contributed by atoms with Crippen LogP contribution in [0.1, 0.15) is 46.6 Å². The van der Waals surface area contributed by atoms with E-state index in [1.54, 1.807) is 46.8 Å². The first-order valence-corrected chi connectivity index (χ1v) is 19.1. The highest BCUT2D eigenvalue weighted by molar-refractivity contribution is 5.73. The number of nitrogens with zero attached hydrogens (tertiary/aromatic N) is 6. The maximum atomic E-state index is 13.1. The van der Waals surface area contributed by atoms with Gasteiger partial charge in [0.15, 0.2) is 0 Å². The number of rotatable bonds is 19. The Kier molecular flexibility index (Phi) is 22.7. The first-order valence-electron chi connectivity index (χ1n) is 19.1. The van der Waals surface area contributed by atoms with Gasteiger partial charge in [0.1, 0.15) is 0 Å². The van der Waals surface area contributed by atoms with Crippen molar-refractivity contribution in [3.8, 4) is 0 Å². The van der Waals surface area contributed by atoms with Crippen LogP contribution in [0.15, 0.2) is 24.3 Å². The van der Waals surface area contributed by atoms with E-state index in [1.807, 2.05) is 24.5 Å². The van der Waals surface area contributed by atoms with Crippen molar-refractivity contribution in [3.63, 3.8) is 0 Å². The predicted octanol–water partition coefficient (Wildman–Crippen LogP) is 1.19. The number of hydrogen-bond donors (Lipinski definition) is 0. The molecule has 0 amide bonds. The lowest BCUT2D eigenvalue weighted by molar-refractivity contribution is -0.384. The van der Waals surface area contributed by atoms with Gasteiger partial charge in [-0.15, -0.1) is 0 Å². The Morgan fingerprint density at radius 3 is 1.35 bits per heavy atom. The van der Waals surface area contributed by atoms with Crippen LogP contribution in [0.5, 0.6) is 0 Å². The molecule has 1 aliphatic heterocycles. The molecule has 0 radical (unpaired) electrons. The molecule has 55 heavy (non-hydrogen) atoms. The fourth-order valence-corrected chi connectivity index (χ4v) is 6.18. The minimum atomic E-state index is -0.539. The van der Waals surface area contributed by atoms with Crippen LogP contribution in [0.4, 0.5) is 5.69 Å². The van der Waals surface area contributed by atoms with E-state index in [0.717, 1.165) is 0 Å². The van der Waals surface area contributed by atoms with E-state index >= 15 is 0 Å². The quantitative estimate of drug-likeness (QED) is 0.0841. The molecule has 1 heterocycles. The SMILES string of the molecule is CCOC(=O)CN1CCCN(CC(=O)OCC)CCN(CC(=O)OCC)CC(N(CC(=O)OCC)Cc2ccc([N+](=O)[O-])cc2)CN(CC(=O)OCC)CC1. The second-order valence-electron chi connectivity index (χ2n) is 12.9. The Bertz CT molecular complexity index is 1290. The van der Waals surface area contributed by atoms with Crippen molar-refractivity contribution < 1.29 is 52.6 Å². The van der Waals surface area contributed by atoms with Crippen LogP contribution >= 0.6 is 0 Å². The molecule has 2 rings (SSSR count). The molecule has 18 nitrogen and oxygen atoms in total. The number of non-ortho nitro benzene ring substituents is 1. The van der Waals surface area contributed by atoms with Crippen molar-refractivity contribution in [1.29, 1.82) is 0 Å². The highest BCUT2D eigenvalue weighted by atomic mass is 16.6. The molecule has 1 fully saturated rings. The van der Waals surface area contributed by atoms with Gasteiger partial charge < -0.3 is 23.7 Å². The van der Waals surface area contributed by atoms with Crippen molar-refractivity contribution >= 4 is 35.5 Å². The normalized spacial score (nSPS) is 16.2. The molecule has 0 bridgehead atoms. The second-order valence-corrected chi connectivity index (χ2v) is 12.9. The third kappa shape index (κ3) is 19.3. The van der Waals surface area contributed by atoms with Crippen LogP contribution in [-0.4, -0.2) is 183 Å². The minimum Gasteiger partial charge on any atom is -0.465 e. The summed E-state index contributed by atoms with van der Waals surface area (Å²) in [4.78, 5) is 84.9.